The Hall–Kier alpha value is -1.03. The van der Waals surface area contributed by atoms with Crippen molar-refractivity contribution in [2.45, 2.75) is 26.7 Å². The van der Waals surface area contributed by atoms with Gasteiger partial charge in [-0.3, -0.25) is 4.79 Å². The summed E-state index contributed by atoms with van der Waals surface area (Å²) in [4.78, 5) is 20.2. The number of hydrogen-bond donors (Lipinski definition) is 1. The Morgan fingerprint density at radius 2 is 2.12 bits per heavy atom. The van der Waals surface area contributed by atoms with Gasteiger partial charge in [0.1, 0.15) is 5.02 Å². The molecule has 0 amide bonds. The third kappa shape index (κ3) is 2.63. The first-order valence-corrected chi connectivity index (χ1v) is 6.45. The quantitative estimate of drug-likeness (QED) is 0.882. The number of nitrogens with one attached hydrogen (secondary N) is 1. The molecule has 1 aromatic heterocycles. The molecule has 0 aliphatic carbocycles. The van der Waals surface area contributed by atoms with E-state index in [1.807, 2.05) is 0 Å². The average Bonchev–Trinajstić information content (AvgIpc) is 2.33. The predicted molar refractivity (Wildman–Crippen MR) is 69.6 cm³/mol. The number of halogens is 1. The van der Waals surface area contributed by atoms with E-state index in [4.69, 9.17) is 11.6 Å². The molecule has 4 nitrogen and oxygen atoms in total. The zero-order valence-electron chi connectivity index (χ0n) is 10.2. The molecule has 0 aromatic carbocycles. The molecule has 1 aliphatic heterocycles. The fraction of sp³-hybridized carbons (Fsp3) is 0.667. The largest absolute Gasteiger partial charge is 0.355 e. The van der Waals surface area contributed by atoms with Gasteiger partial charge in [0.2, 0.25) is 0 Å². The summed E-state index contributed by atoms with van der Waals surface area (Å²) in [5, 5.41) is 0.204. The second-order valence-corrected chi connectivity index (χ2v) is 5.32. The molecule has 2 heterocycles. The van der Waals surface area contributed by atoms with Gasteiger partial charge in [-0.25, -0.2) is 4.98 Å². The van der Waals surface area contributed by atoms with Gasteiger partial charge >= 0.3 is 0 Å². The van der Waals surface area contributed by atoms with E-state index >= 15 is 0 Å². The number of anilines is 1. The van der Waals surface area contributed by atoms with Gasteiger partial charge in [-0.15, -0.1) is 0 Å². The Kier molecular flexibility index (Phi) is 3.72. The van der Waals surface area contributed by atoms with Crippen LogP contribution in [0, 0.1) is 11.8 Å². The van der Waals surface area contributed by atoms with Gasteiger partial charge in [0, 0.05) is 13.1 Å². The smallest absolute Gasteiger partial charge is 0.271 e. The lowest BCUT2D eigenvalue weighted by atomic mass is 9.87. The number of hydrogen-bond acceptors (Lipinski definition) is 3. The number of nitrogens with zero attached hydrogens (tertiary/aromatic N) is 2. The number of aromatic amines is 1. The van der Waals surface area contributed by atoms with Crippen molar-refractivity contribution in [1.82, 2.24) is 9.97 Å². The Morgan fingerprint density at radius 3 is 2.71 bits per heavy atom. The van der Waals surface area contributed by atoms with Crippen LogP contribution in [0.15, 0.2) is 11.1 Å². The van der Waals surface area contributed by atoms with Crippen LogP contribution in [0.2, 0.25) is 5.02 Å². The van der Waals surface area contributed by atoms with Gasteiger partial charge in [-0.1, -0.05) is 25.4 Å². The normalized spacial score (nSPS) is 17.8. The molecule has 0 atom stereocenters. The summed E-state index contributed by atoms with van der Waals surface area (Å²) in [5.41, 5.74) is -0.261. The monoisotopic (exact) mass is 255 g/mol. The van der Waals surface area contributed by atoms with Crippen molar-refractivity contribution in [3.8, 4) is 0 Å². The van der Waals surface area contributed by atoms with Crippen LogP contribution in [-0.2, 0) is 0 Å². The van der Waals surface area contributed by atoms with Crippen molar-refractivity contribution in [3.63, 3.8) is 0 Å². The molecule has 0 bridgehead atoms. The second-order valence-electron chi connectivity index (χ2n) is 4.94. The minimum absolute atomic E-state index is 0.204. The zero-order chi connectivity index (χ0) is 12.4. The number of aromatic nitrogens is 2. The molecule has 0 spiro atoms. The maximum absolute atomic E-state index is 11.4. The first-order chi connectivity index (χ1) is 8.09. The van der Waals surface area contributed by atoms with Crippen LogP contribution < -0.4 is 10.5 Å². The van der Waals surface area contributed by atoms with Gasteiger partial charge in [0.05, 0.1) is 6.33 Å². The highest BCUT2D eigenvalue weighted by Gasteiger charge is 2.24. The number of piperidine rings is 1. The Balaban J connectivity index is 2.11. The van der Waals surface area contributed by atoms with E-state index in [0.29, 0.717) is 5.82 Å². The molecule has 0 radical (unpaired) electrons. The van der Waals surface area contributed by atoms with E-state index in [1.165, 1.54) is 6.33 Å². The Labute approximate surface area is 106 Å². The summed E-state index contributed by atoms with van der Waals surface area (Å²) in [5.74, 6) is 2.12. The Morgan fingerprint density at radius 1 is 1.47 bits per heavy atom. The minimum Gasteiger partial charge on any atom is -0.355 e. The van der Waals surface area contributed by atoms with Crippen LogP contribution >= 0.6 is 11.6 Å². The van der Waals surface area contributed by atoms with Crippen LogP contribution in [-0.4, -0.2) is 23.1 Å². The van der Waals surface area contributed by atoms with Crippen LogP contribution in [0.4, 0.5) is 5.82 Å². The van der Waals surface area contributed by atoms with E-state index in [9.17, 15) is 4.79 Å². The summed E-state index contributed by atoms with van der Waals surface area (Å²) < 4.78 is 0. The summed E-state index contributed by atoms with van der Waals surface area (Å²) in [6, 6.07) is 0. The van der Waals surface area contributed by atoms with E-state index < -0.39 is 0 Å². The summed E-state index contributed by atoms with van der Waals surface area (Å²) in [7, 11) is 0. The van der Waals surface area contributed by atoms with Crippen LogP contribution in [0.1, 0.15) is 26.7 Å². The fourth-order valence-electron chi connectivity index (χ4n) is 2.37. The van der Waals surface area contributed by atoms with Gasteiger partial charge < -0.3 is 9.88 Å². The third-order valence-electron chi connectivity index (χ3n) is 3.56. The highest BCUT2D eigenvalue weighted by Crippen LogP contribution is 2.28. The molecule has 94 valence electrons. The number of H-pyrrole nitrogens is 1. The van der Waals surface area contributed by atoms with Gasteiger partial charge in [-0.2, -0.15) is 0 Å². The van der Waals surface area contributed by atoms with Crippen molar-refractivity contribution >= 4 is 17.4 Å². The minimum atomic E-state index is -0.261. The molecular formula is C12H18ClN3O. The van der Waals surface area contributed by atoms with E-state index in [0.717, 1.165) is 37.8 Å². The molecule has 1 aromatic rings. The Bertz CT molecular complexity index is 436. The lowest BCUT2D eigenvalue weighted by Gasteiger charge is -2.34. The third-order valence-corrected chi connectivity index (χ3v) is 3.90. The lowest BCUT2D eigenvalue weighted by molar-refractivity contribution is 0.310. The zero-order valence-corrected chi connectivity index (χ0v) is 11.0. The maximum atomic E-state index is 11.4. The molecule has 0 unspecified atom stereocenters. The van der Waals surface area contributed by atoms with Crippen LogP contribution in [0.25, 0.3) is 0 Å². The molecule has 5 heteroatoms. The molecule has 1 fully saturated rings. The van der Waals surface area contributed by atoms with E-state index in [2.05, 4.69) is 28.7 Å². The standard InChI is InChI=1S/C12H18ClN3O/c1-8(2)9-3-5-16(6-4-9)11-10(13)12(17)15-7-14-11/h7-9H,3-6H2,1-2H3,(H,14,15,17). The topological polar surface area (TPSA) is 49.0 Å². The molecule has 2 rings (SSSR count). The van der Waals surface area contributed by atoms with Crippen molar-refractivity contribution in [1.29, 1.82) is 0 Å². The maximum Gasteiger partial charge on any atom is 0.271 e. The van der Waals surface area contributed by atoms with Crippen LogP contribution in [0.3, 0.4) is 0 Å². The van der Waals surface area contributed by atoms with E-state index in [1.54, 1.807) is 0 Å². The van der Waals surface area contributed by atoms with Crippen LogP contribution in [0.5, 0.6) is 0 Å². The van der Waals surface area contributed by atoms with Crippen molar-refractivity contribution in [2.24, 2.45) is 11.8 Å². The van der Waals surface area contributed by atoms with Crippen molar-refractivity contribution in [3.05, 3.63) is 21.7 Å². The van der Waals surface area contributed by atoms with Gasteiger partial charge in [0.25, 0.3) is 5.56 Å². The summed E-state index contributed by atoms with van der Waals surface area (Å²) in [6.45, 7) is 6.38. The SMILES string of the molecule is CC(C)C1CCN(c2nc[nH]c(=O)c2Cl)CC1. The van der Waals surface area contributed by atoms with Crippen molar-refractivity contribution in [2.75, 3.05) is 18.0 Å². The second kappa shape index (κ2) is 5.08. The van der Waals surface area contributed by atoms with Gasteiger partial charge in [0.15, 0.2) is 5.82 Å². The first kappa shape index (κ1) is 12.4. The highest BCUT2D eigenvalue weighted by atomic mass is 35.5. The molecular weight excluding hydrogens is 238 g/mol. The lowest BCUT2D eigenvalue weighted by Crippen LogP contribution is -2.36. The molecule has 1 saturated heterocycles. The first-order valence-electron chi connectivity index (χ1n) is 6.07. The number of rotatable bonds is 2. The highest BCUT2D eigenvalue weighted by molar-refractivity contribution is 6.32. The van der Waals surface area contributed by atoms with Gasteiger partial charge in [-0.05, 0) is 24.7 Å². The van der Waals surface area contributed by atoms with Crippen molar-refractivity contribution < 1.29 is 0 Å². The average molecular weight is 256 g/mol. The predicted octanol–water partition coefficient (Wildman–Crippen LogP) is 2.30. The fourth-order valence-corrected chi connectivity index (χ4v) is 2.59. The molecule has 17 heavy (non-hydrogen) atoms. The summed E-state index contributed by atoms with van der Waals surface area (Å²) in [6.07, 6.45) is 3.70. The summed E-state index contributed by atoms with van der Waals surface area (Å²) >= 11 is 5.98. The van der Waals surface area contributed by atoms with E-state index in [-0.39, 0.29) is 10.6 Å². The molecule has 1 aliphatic rings. The molecule has 0 saturated carbocycles. The molecule has 1 N–H and O–H groups in total.